The van der Waals surface area contributed by atoms with Gasteiger partial charge in [0.05, 0.1) is 11.4 Å². The molecule has 0 aliphatic carbocycles. The first-order chi connectivity index (χ1) is 10.3. The number of aryl methyl sites for hydroxylation is 1. The fourth-order valence-corrected chi connectivity index (χ4v) is 3.41. The molecule has 0 bridgehead atoms. The summed E-state index contributed by atoms with van der Waals surface area (Å²) in [6.07, 6.45) is 3.18. The van der Waals surface area contributed by atoms with Gasteiger partial charge in [-0.15, -0.1) is 22.6 Å². The molecule has 0 aromatic carbocycles. The Labute approximate surface area is 140 Å². The molecule has 1 aliphatic heterocycles. The van der Waals surface area contributed by atoms with Gasteiger partial charge >= 0.3 is 0 Å². The van der Waals surface area contributed by atoms with Crippen LogP contribution in [0.25, 0.3) is 0 Å². The minimum Gasteiger partial charge on any atom is -0.360 e. The molecule has 6 nitrogen and oxygen atoms in total. The molecule has 1 saturated heterocycles. The van der Waals surface area contributed by atoms with Gasteiger partial charge in [-0.05, 0) is 32.4 Å². The molecule has 1 aliphatic rings. The largest absolute Gasteiger partial charge is 0.360 e. The zero-order valence-electron chi connectivity index (χ0n) is 12.9. The van der Waals surface area contributed by atoms with Crippen LogP contribution in [0.1, 0.15) is 43.0 Å². The van der Waals surface area contributed by atoms with E-state index in [0.717, 1.165) is 60.5 Å². The van der Waals surface area contributed by atoms with E-state index in [1.54, 1.807) is 11.8 Å². The summed E-state index contributed by atoms with van der Waals surface area (Å²) in [5.41, 5.74) is 0.999. The molecule has 22 heavy (non-hydrogen) atoms. The highest BCUT2D eigenvalue weighted by Gasteiger charge is 2.21. The van der Waals surface area contributed by atoms with E-state index in [1.165, 1.54) is 0 Å². The first-order valence-corrected chi connectivity index (χ1v) is 8.43. The molecule has 0 radical (unpaired) electrons. The molecule has 2 aromatic heterocycles. The Hall–Kier alpha value is -1.05. The minimum atomic E-state index is 0. The zero-order chi connectivity index (χ0) is 14.7. The van der Waals surface area contributed by atoms with Crippen molar-refractivity contribution >= 4 is 24.2 Å². The van der Waals surface area contributed by atoms with Crippen LogP contribution in [0.2, 0.25) is 0 Å². The molecule has 0 atom stereocenters. The van der Waals surface area contributed by atoms with Crippen molar-refractivity contribution in [3.8, 4) is 0 Å². The van der Waals surface area contributed by atoms with E-state index in [4.69, 9.17) is 4.52 Å². The lowest BCUT2D eigenvalue weighted by molar-refractivity contribution is 0.389. The molecule has 2 aromatic rings. The molecule has 3 heterocycles. The van der Waals surface area contributed by atoms with Gasteiger partial charge in [-0.25, -0.2) is 0 Å². The Morgan fingerprint density at radius 2 is 2.14 bits per heavy atom. The van der Waals surface area contributed by atoms with Crippen molar-refractivity contribution in [2.24, 2.45) is 7.05 Å². The summed E-state index contributed by atoms with van der Waals surface area (Å²) in [7, 11) is 2.05. The molecular formula is C14H22ClN5OS. The van der Waals surface area contributed by atoms with Gasteiger partial charge in [-0.3, -0.25) is 0 Å². The number of nitrogens with zero attached hydrogens (tertiary/aromatic N) is 4. The summed E-state index contributed by atoms with van der Waals surface area (Å²) >= 11 is 1.65. The van der Waals surface area contributed by atoms with Crippen molar-refractivity contribution in [1.29, 1.82) is 0 Å². The number of rotatable bonds is 5. The Morgan fingerprint density at radius 3 is 2.82 bits per heavy atom. The molecular weight excluding hydrogens is 322 g/mol. The van der Waals surface area contributed by atoms with Crippen LogP contribution in [0.15, 0.2) is 15.7 Å². The van der Waals surface area contributed by atoms with Crippen LogP contribution in [0.5, 0.6) is 0 Å². The van der Waals surface area contributed by atoms with Crippen LogP contribution in [0, 0.1) is 0 Å². The number of hydrogen-bond acceptors (Lipinski definition) is 6. The van der Waals surface area contributed by atoms with Gasteiger partial charge < -0.3 is 14.4 Å². The van der Waals surface area contributed by atoms with Gasteiger partial charge in [0.1, 0.15) is 11.6 Å². The van der Waals surface area contributed by atoms with E-state index in [2.05, 4.69) is 39.2 Å². The smallest absolute Gasteiger partial charge is 0.191 e. The van der Waals surface area contributed by atoms with E-state index in [9.17, 15) is 0 Å². The highest BCUT2D eigenvalue weighted by molar-refractivity contribution is 7.98. The molecule has 0 amide bonds. The van der Waals surface area contributed by atoms with Crippen LogP contribution in [0.4, 0.5) is 0 Å². The molecule has 1 N–H and O–H groups in total. The molecule has 3 rings (SSSR count). The van der Waals surface area contributed by atoms with Gasteiger partial charge in [0.25, 0.3) is 0 Å². The molecule has 1 fully saturated rings. The fraction of sp³-hybridized carbons (Fsp3) is 0.643. The van der Waals surface area contributed by atoms with Crippen molar-refractivity contribution in [2.45, 2.75) is 43.0 Å². The third-order valence-corrected chi connectivity index (χ3v) is 4.93. The average Bonchev–Trinajstić information content (AvgIpc) is 3.13. The van der Waals surface area contributed by atoms with Gasteiger partial charge in [0.2, 0.25) is 0 Å². The maximum Gasteiger partial charge on any atom is 0.191 e. The normalized spacial score (nSPS) is 15.7. The van der Waals surface area contributed by atoms with Crippen LogP contribution >= 0.6 is 24.2 Å². The minimum absolute atomic E-state index is 0. The lowest BCUT2D eigenvalue weighted by Gasteiger charge is -2.21. The SMILES string of the molecule is CCc1cc(CSc2nnc(C3CCNCC3)n2C)on1.Cl. The monoisotopic (exact) mass is 343 g/mol. The maximum atomic E-state index is 5.30. The van der Waals surface area contributed by atoms with Crippen LogP contribution in [0.3, 0.4) is 0 Å². The Balaban J connectivity index is 0.00000176. The van der Waals surface area contributed by atoms with Crippen molar-refractivity contribution < 1.29 is 4.52 Å². The fourth-order valence-electron chi connectivity index (χ4n) is 2.61. The van der Waals surface area contributed by atoms with E-state index < -0.39 is 0 Å². The van der Waals surface area contributed by atoms with Crippen molar-refractivity contribution in [2.75, 3.05) is 13.1 Å². The van der Waals surface area contributed by atoms with Gasteiger partial charge in [-0.1, -0.05) is 23.8 Å². The summed E-state index contributed by atoms with van der Waals surface area (Å²) in [5.74, 6) is 3.26. The number of aromatic nitrogens is 4. The third kappa shape index (κ3) is 3.83. The van der Waals surface area contributed by atoms with Crippen LogP contribution in [-0.2, 0) is 19.2 Å². The van der Waals surface area contributed by atoms with E-state index >= 15 is 0 Å². The summed E-state index contributed by atoms with van der Waals surface area (Å²) < 4.78 is 7.43. The zero-order valence-corrected chi connectivity index (χ0v) is 14.5. The first kappa shape index (κ1) is 17.3. The van der Waals surface area contributed by atoms with E-state index in [1.807, 2.05) is 6.07 Å². The quantitative estimate of drug-likeness (QED) is 0.841. The predicted molar refractivity (Wildman–Crippen MR) is 88.5 cm³/mol. The number of thioether (sulfide) groups is 1. The lowest BCUT2D eigenvalue weighted by atomic mass is 9.97. The summed E-state index contributed by atoms with van der Waals surface area (Å²) in [6.45, 7) is 4.21. The lowest BCUT2D eigenvalue weighted by Crippen LogP contribution is -2.27. The topological polar surface area (TPSA) is 68.8 Å². The molecule has 0 spiro atoms. The van der Waals surface area contributed by atoms with Crippen molar-refractivity contribution in [3.05, 3.63) is 23.3 Å². The highest BCUT2D eigenvalue weighted by atomic mass is 35.5. The van der Waals surface area contributed by atoms with Gasteiger partial charge in [0.15, 0.2) is 5.16 Å². The standard InChI is InChI=1S/C14H21N5OS.ClH/c1-3-11-8-12(20-18-11)9-21-14-17-16-13(19(14)2)10-4-6-15-7-5-10;/h8,10,15H,3-7,9H2,1-2H3;1H. The molecule has 0 saturated carbocycles. The summed E-state index contributed by atoms with van der Waals surface area (Å²) in [5, 5.41) is 17.1. The van der Waals surface area contributed by atoms with Crippen molar-refractivity contribution in [1.82, 2.24) is 25.2 Å². The molecule has 0 unspecified atom stereocenters. The van der Waals surface area contributed by atoms with Crippen molar-refractivity contribution in [3.63, 3.8) is 0 Å². The highest BCUT2D eigenvalue weighted by Crippen LogP contribution is 2.27. The maximum absolute atomic E-state index is 5.30. The van der Waals surface area contributed by atoms with Crippen LogP contribution in [-0.4, -0.2) is 33.0 Å². The summed E-state index contributed by atoms with van der Waals surface area (Å²) in [6, 6.07) is 2.01. The third-order valence-electron chi connectivity index (χ3n) is 3.89. The van der Waals surface area contributed by atoms with Gasteiger partial charge in [0, 0.05) is 19.0 Å². The van der Waals surface area contributed by atoms with Gasteiger partial charge in [-0.2, -0.15) is 0 Å². The number of nitrogens with one attached hydrogen (secondary N) is 1. The Bertz CT molecular complexity index is 594. The second-order valence-corrected chi connectivity index (χ2v) is 6.29. The number of hydrogen-bond donors (Lipinski definition) is 1. The average molecular weight is 344 g/mol. The van der Waals surface area contributed by atoms with Crippen LogP contribution < -0.4 is 5.32 Å². The summed E-state index contributed by atoms with van der Waals surface area (Å²) in [4.78, 5) is 0. The predicted octanol–water partition coefficient (Wildman–Crippen LogP) is 2.55. The van der Waals surface area contributed by atoms with E-state index in [-0.39, 0.29) is 12.4 Å². The first-order valence-electron chi connectivity index (χ1n) is 7.45. The van der Waals surface area contributed by atoms with E-state index in [0.29, 0.717) is 5.92 Å². The number of piperidine rings is 1. The second kappa shape index (κ2) is 7.99. The Kier molecular flexibility index (Phi) is 6.28. The molecule has 8 heteroatoms. The Morgan fingerprint density at radius 1 is 1.36 bits per heavy atom. The molecule has 122 valence electrons. The number of halogens is 1. The second-order valence-electron chi connectivity index (χ2n) is 5.35.